The fourth-order valence-corrected chi connectivity index (χ4v) is 1.76. The number of carbonyl (C=O) groups is 2. The lowest BCUT2D eigenvalue weighted by atomic mass is 10.3. The molecular formula is C13H14N4O3. The highest BCUT2D eigenvalue weighted by Crippen LogP contribution is 2.17. The Labute approximate surface area is 115 Å². The topological polar surface area (TPSA) is 107 Å². The van der Waals surface area contributed by atoms with Crippen molar-refractivity contribution in [1.82, 2.24) is 9.97 Å². The van der Waals surface area contributed by atoms with Crippen LogP contribution >= 0.6 is 0 Å². The molecule has 7 heteroatoms. The van der Waals surface area contributed by atoms with Crippen molar-refractivity contribution in [2.24, 2.45) is 0 Å². The highest BCUT2D eigenvalue weighted by molar-refractivity contribution is 6.04. The minimum absolute atomic E-state index is 0.0555. The second kappa shape index (κ2) is 5.43. The van der Waals surface area contributed by atoms with Crippen LogP contribution in [0.5, 0.6) is 0 Å². The van der Waals surface area contributed by atoms with Crippen LogP contribution in [0.25, 0.3) is 0 Å². The van der Waals surface area contributed by atoms with Gasteiger partial charge in [0.05, 0.1) is 17.6 Å². The van der Waals surface area contributed by atoms with E-state index in [4.69, 9.17) is 5.11 Å². The number of aryl methyl sites for hydroxylation is 2. The molecule has 4 N–H and O–H groups in total. The van der Waals surface area contributed by atoms with Gasteiger partial charge in [-0.2, -0.15) is 0 Å². The van der Waals surface area contributed by atoms with Crippen LogP contribution in [0.3, 0.4) is 0 Å². The molecule has 2 aromatic heterocycles. The van der Waals surface area contributed by atoms with Gasteiger partial charge in [0.15, 0.2) is 0 Å². The minimum Gasteiger partial charge on any atom is -0.477 e. The van der Waals surface area contributed by atoms with Crippen LogP contribution < -0.4 is 10.6 Å². The SMILES string of the molecule is Cc1cncc(NC(=O)Nc2cc(C)[nH]c2C(=O)O)c1. The van der Waals surface area contributed by atoms with Crippen molar-refractivity contribution < 1.29 is 14.7 Å². The van der Waals surface area contributed by atoms with Crippen LogP contribution in [0.2, 0.25) is 0 Å². The highest BCUT2D eigenvalue weighted by Gasteiger charge is 2.15. The number of aromatic nitrogens is 2. The Morgan fingerprint density at radius 2 is 1.95 bits per heavy atom. The third-order valence-corrected chi connectivity index (χ3v) is 2.55. The number of urea groups is 1. The van der Waals surface area contributed by atoms with Crippen molar-refractivity contribution in [1.29, 1.82) is 0 Å². The van der Waals surface area contributed by atoms with Gasteiger partial charge in [-0.25, -0.2) is 9.59 Å². The Morgan fingerprint density at radius 1 is 1.20 bits per heavy atom. The van der Waals surface area contributed by atoms with E-state index in [-0.39, 0.29) is 11.4 Å². The molecule has 0 fully saturated rings. The monoisotopic (exact) mass is 274 g/mol. The number of rotatable bonds is 3. The van der Waals surface area contributed by atoms with Gasteiger partial charge in [0.2, 0.25) is 0 Å². The van der Waals surface area contributed by atoms with Gasteiger partial charge in [-0.05, 0) is 31.5 Å². The molecule has 2 rings (SSSR count). The van der Waals surface area contributed by atoms with E-state index >= 15 is 0 Å². The molecule has 20 heavy (non-hydrogen) atoms. The van der Waals surface area contributed by atoms with Crippen LogP contribution in [0.1, 0.15) is 21.7 Å². The number of aromatic amines is 1. The number of nitrogens with zero attached hydrogens (tertiary/aromatic N) is 1. The smallest absolute Gasteiger partial charge is 0.354 e. The Morgan fingerprint density at radius 3 is 2.60 bits per heavy atom. The van der Waals surface area contributed by atoms with Crippen molar-refractivity contribution in [3.05, 3.63) is 41.5 Å². The van der Waals surface area contributed by atoms with E-state index in [1.54, 1.807) is 25.3 Å². The zero-order chi connectivity index (χ0) is 14.7. The lowest BCUT2D eigenvalue weighted by Gasteiger charge is -2.07. The Bertz CT molecular complexity index is 663. The first-order valence-electron chi connectivity index (χ1n) is 5.88. The first-order valence-corrected chi connectivity index (χ1v) is 5.88. The number of hydrogen-bond acceptors (Lipinski definition) is 3. The van der Waals surface area contributed by atoms with Crippen molar-refractivity contribution in [3.63, 3.8) is 0 Å². The lowest BCUT2D eigenvalue weighted by Crippen LogP contribution is -2.20. The third kappa shape index (κ3) is 3.14. The maximum atomic E-state index is 11.8. The molecule has 0 unspecified atom stereocenters. The molecule has 2 aromatic rings. The molecule has 0 bridgehead atoms. The zero-order valence-electron chi connectivity index (χ0n) is 11.0. The summed E-state index contributed by atoms with van der Waals surface area (Å²) in [5.41, 5.74) is 2.25. The van der Waals surface area contributed by atoms with Crippen LogP contribution in [-0.2, 0) is 0 Å². The average molecular weight is 274 g/mol. The summed E-state index contributed by atoms with van der Waals surface area (Å²) in [6, 6.07) is 2.78. The van der Waals surface area contributed by atoms with Gasteiger partial charge in [0, 0.05) is 11.9 Å². The van der Waals surface area contributed by atoms with Crippen LogP contribution in [-0.4, -0.2) is 27.1 Å². The maximum absolute atomic E-state index is 11.8. The number of pyridine rings is 1. The van der Waals surface area contributed by atoms with Gasteiger partial charge in [-0.1, -0.05) is 0 Å². The predicted molar refractivity (Wildman–Crippen MR) is 74.1 cm³/mol. The summed E-state index contributed by atoms with van der Waals surface area (Å²) >= 11 is 0. The Balaban J connectivity index is 2.10. The highest BCUT2D eigenvalue weighted by atomic mass is 16.4. The number of H-pyrrole nitrogens is 1. The molecule has 7 nitrogen and oxygen atoms in total. The summed E-state index contributed by atoms with van der Waals surface area (Å²) in [5, 5.41) is 14.1. The van der Waals surface area contributed by atoms with Crippen LogP contribution in [0, 0.1) is 13.8 Å². The summed E-state index contributed by atoms with van der Waals surface area (Å²) < 4.78 is 0. The molecule has 0 radical (unpaired) electrons. The first-order chi connectivity index (χ1) is 9.45. The maximum Gasteiger partial charge on any atom is 0.354 e. The van der Waals surface area contributed by atoms with Crippen molar-refractivity contribution in [3.8, 4) is 0 Å². The second-order valence-corrected chi connectivity index (χ2v) is 4.38. The minimum atomic E-state index is -1.13. The molecule has 0 saturated carbocycles. The molecule has 104 valence electrons. The summed E-state index contributed by atoms with van der Waals surface area (Å²) in [4.78, 5) is 29.4. The fraction of sp³-hybridized carbons (Fsp3) is 0.154. The molecule has 0 aromatic carbocycles. The van der Waals surface area contributed by atoms with E-state index in [9.17, 15) is 9.59 Å². The Hall–Kier alpha value is -2.83. The van der Waals surface area contributed by atoms with Gasteiger partial charge in [-0.3, -0.25) is 4.98 Å². The van der Waals surface area contributed by atoms with Crippen molar-refractivity contribution >= 4 is 23.4 Å². The first kappa shape index (κ1) is 13.6. The van der Waals surface area contributed by atoms with Crippen LogP contribution in [0.4, 0.5) is 16.2 Å². The summed E-state index contributed by atoms with van der Waals surface area (Å²) in [6.45, 7) is 3.56. The second-order valence-electron chi connectivity index (χ2n) is 4.38. The molecule has 0 atom stereocenters. The van der Waals surface area contributed by atoms with E-state index in [0.29, 0.717) is 11.4 Å². The molecule has 2 amide bonds. The fourth-order valence-electron chi connectivity index (χ4n) is 1.76. The molecule has 0 aliphatic rings. The van der Waals surface area contributed by atoms with Crippen molar-refractivity contribution in [2.45, 2.75) is 13.8 Å². The number of aromatic carboxylic acids is 1. The van der Waals surface area contributed by atoms with E-state index in [0.717, 1.165) is 5.56 Å². The number of carbonyl (C=O) groups excluding carboxylic acids is 1. The standard InChI is InChI=1S/C13H14N4O3/c1-7-3-9(6-14-5-7)16-13(20)17-10-4-8(2)15-11(10)12(18)19/h3-6,15H,1-2H3,(H,18,19)(H2,16,17,20). The predicted octanol–water partition coefficient (Wildman–Crippen LogP) is 2.37. The third-order valence-electron chi connectivity index (χ3n) is 2.55. The molecule has 0 saturated heterocycles. The van der Waals surface area contributed by atoms with E-state index < -0.39 is 12.0 Å². The molecular weight excluding hydrogens is 260 g/mol. The summed E-state index contributed by atoms with van der Waals surface area (Å²) in [6.07, 6.45) is 3.17. The van der Waals surface area contributed by atoms with Gasteiger partial charge in [0.25, 0.3) is 0 Å². The zero-order valence-corrected chi connectivity index (χ0v) is 11.0. The number of hydrogen-bond donors (Lipinski definition) is 4. The largest absolute Gasteiger partial charge is 0.477 e. The number of carboxylic acids is 1. The Kier molecular flexibility index (Phi) is 3.69. The van der Waals surface area contributed by atoms with Gasteiger partial charge in [-0.15, -0.1) is 0 Å². The number of carboxylic acid groups (broad SMARTS) is 1. The van der Waals surface area contributed by atoms with Crippen molar-refractivity contribution in [2.75, 3.05) is 10.6 Å². The lowest BCUT2D eigenvalue weighted by molar-refractivity contribution is 0.0692. The van der Waals surface area contributed by atoms with Gasteiger partial charge in [0.1, 0.15) is 5.69 Å². The van der Waals surface area contributed by atoms with E-state index in [1.165, 1.54) is 6.20 Å². The molecule has 2 heterocycles. The average Bonchev–Trinajstić information content (AvgIpc) is 2.70. The number of nitrogens with one attached hydrogen (secondary N) is 3. The quantitative estimate of drug-likeness (QED) is 0.689. The van der Waals surface area contributed by atoms with E-state index in [2.05, 4.69) is 20.6 Å². The molecule has 0 spiro atoms. The molecule has 0 aliphatic carbocycles. The normalized spacial score (nSPS) is 10.1. The molecule has 0 aliphatic heterocycles. The van der Waals surface area contributed by atoms with Gasteiger partial charge >= 0.3 is 12.0 Å². The van der Waals surface area contributed by atoms with Crippen LogP contribution in [0.15, 0.2) is 24.5 Å². The van der Waals surface area contributed by atoms with E-state index in [1.807, 2.05) is 6.92 Å². The number of amides is 2. The number of anilines is 2. The van der Waals surface area contributed by atoms with Gasteiger partial charge < -0.3 is 20.7 Å². The summed E-state index contributed by atoms with van der Waals surface area (Å²) in [5.74, 6) is -1.13. The summed E-state index contributed by atoms with van der Waals surface area (Å²) in [7, 11) is 0.